The summed E-state index contributed by atoms with van der Waals surface area (Å²) in [6, 6.07) is -0.795. The predicted molar refractivity (Wildman–Crippen MR) is 52.9 cm³/mol. The lowest BCUT2D eigenvalue weighted by Gasteiger charge is -2.12. The summed E-state index contributed by atoms with van der Waals surface area (Å²) in [6.45, 7) is 1.87. The molecule has 0 rings (SSSR count). The number of rotatable bonds is 6. The Kier molecular flexibility index (Phi) is 6.40. The summed E-state index contributed by atoms with van der Waals surface area (Å²) in [4.78, 5) is 21.6. The summed E-state index contributed by atoms with van der Waals surface area (Å²) in [5.41, 5.74) is 0. The van der Waals surface area contributed by atoms with Gasteiger partial charge in [0.05, 0.1) is 0 Å². The lowest BCUT2D eigenvalue weighted by atomic mass is 10.2. The second-order valence-electron chi connectivity index (χ2n) is 2.72. The minimum Gasteiger partial charge on any atom is -0.480 e. The van der Waals surface area contributed by atoms with Crippen molar-refractivity contribution in [1.29, 1.82) is 0 Å². The molecular formula is C8H15NO3S. The molecule has 2 N–H and O–H groups in total. The Morgan fingerprint density at radius 1 is 1.54 bits per heavy atom. The van der Waals surface area contributed by atoms with Gasteiger partial charge in [-0.3, -0.25) is 4.79 Å². The van der Waals surface area contributed by atoms with Gasteiger partial charge in [0.15, 0.2) is 0 Å². The molecule has 0 bridgehead atoms. The lowest BCUT2D eigenvalue weighted by Crippen LogP contribution is -2.40. The zero-order valence-electron chi connectivity index (χ0n) is 7.62. The number of hydrogen-bond acceptors (Lipinski definition) is 3. The third-order valence-electron chi connectivity index (χ3n) is 1.53. The van der Waals surface area contributed by atoms with Crippen molar-refractivity contribution in [1.82, 2.24) is 5.32 Å². The Labute approximate surface area is 83.1 Å². The van der Waals surface area contributed by atoms with Crippen molar-refractivity contribution >= 4 is 24.5 Å². The first-order valence-corrected chi connectivity index (χ1v) is 4.88. The molecular weight excluding hydrogens is 190 g/mol. The first-order chi connectivity index (χ1) is 6.11. The van der Waals surface area contributed by atoms with E-state index in [1.54, 1.807) is 0 Å². The normalized spacial score (nSPS) is 12.2. The van der Waals surface area contributed by atoms with E-state index < -0.39 is 12.0 Å². The van der Waals surface area contributed by atoms with Gasteiger partial charge in [-0.2, -0.15) is 12.6 Å². The maximum absolute atomic E-state index is 11.0. The molecule has 5 heteroatoms. The van der Waals surface area contributed by atoms with Crippen LogP contribution < -0.4 is 5.32 Å². The van der Waals surface area contributed by atoms with Gasteiger partial charge in [-0.25, -0.2) is 4.79 Å². The van der Waals surface area contributed by atoms with Crippen LogP contribution in [0.25, 0.3) is 0 Å². The van der Waals surface area contributed by atoms with Crippen molar-refractivity contribution in [2.75, 3.05) is 5.75 Å². The molecule has 0 spiro atoms. The lowest BCUT2D eigenvalue weighted by molar-refractivity contribution is -0.141. The van der Waals surface area contributed by atoms with Gasteiger partial charge in [0.2, 0.25) is 5.91 Å². The van der Waals surface area contributed by atoms with E-state index in [-0.39, 0.29) is 5.91 Å². The van der Waals surface area contributed by atoms with Crippen molar-refractivity contribution in [2.45, 2.75) is 32.2 Å². The minimum atomic E-state index is -1.00. The number of carboxylic acid groups (broad SMARTS) is 1. The molecule has 0 aliphatic carbocycles. The zero-order chi connectivity index (χ0) is 10.3. The fraction of sp³-hybridized carbons (Fsp3) is 0.750. The van der Waals surface area contributed by atoms with E-state index in [0.717, 1.165) is 6.42 Å². The third-order valence-corrected chi connectivity index (χ3v) is 1.79. The highest BCUT2D eigenvalue weighted by Crippen LogP contribution is 1.96. The molecule has 0 aromatic heterocycles. The van der Waals surface area contributed by atoms with E-state index in [1.807, 2.05) is 6.92 Å². The molecule has 0 aliphatic heterocycles. The Morgan fingerprint density at radius 2 is 2.15 bits per heavy atom. The largest absolute Gasteiger partial charge is 0.480 e. The van der Waals surface area contributed by atoms with Gasteiger partial charge < -0.3 is 10.4 Å². The minimum absolute atomic E-state index is 0.211. The molecule has 0 aromatic carbocycles. The quantitative estimate of drug-likeness (QED) is 0.558. The monoisotopic (exact) mass is 205 g/mol. The van der Waals surface area contributed by atoms with Gasteiger partial charge in [-0.05, 0) is 18.6 Å². The molecule has 1 amide bonds. The number of thiol groups is 1. The highest BCUT2D eigenvalue weighted by Gasteiger charge is 2.17. The number of carbonyl (C=O) groups is 2. The Bertz CT molecular complexity index is 184. The fourth-order valence-electron chi connectivity index (χ4n) is 0.880. The molecule has 76 valence electrons. The van der Waals surface area contributed by atoms with E-state index in [1.165, 1.54) is 0 Å². The SMILES string of the molecule is CCCC(=O)NC(CCS)C(=O)O. The molecule has 0 fully saturated rings. The zero-order valence-corrected chi connectivity index (χ0v) is 8.51. The molecule has 0 aliphatic rings. The maximum atomic E-state index is 11.0. The fourth-order valence-corrected chi connectivity index (χ4v) is 1.14. The molecule has 1 unspecified atom stereocenters. The van der Waals surface area contributed by atoms with Gasteiger partial charge in [0.1, 0.15) is 6.04 Å². The van der Waals surface area contributed by atoms with Gasteiger partial charge in [0.25, 0.3) is 0 Å². The highest BCUT2D eigenvalue weighted by atomic mass is 32.1. The summed E-state index contributed by atoms with van der Waals surface area (Å²) in [5.74, 6) is -0.765. The van der Waals surface area contributed by atoms with Crippen LogP contribution in [0.5, 0.6) is 0 Å². The molecule has 0 saturated carbocycles. The van der Waals surface area contributed by atoms with E-state index in [2.05, 4.69) is 17.9 Å². The molecule has 0 heterocycles. The van der Waals surface area contributed by atoms with Crippen LogP contribution in [0.1, 0.15) is 26.2 Å². The predicted octanol–water partition coefficient (Wildman–Crippen LogP) is 0.676. The third kappa shape index (κ3) is 5.52. The van der Waals surface area contributed by atoms with Crippen LogP contribution in [-0.2, 0) is 9.59 Å². The van der Waals surface area contributed by atoms with Gasteiger partial charge in [-0.1, -0.05) is 6.92 Å². The summed E-state index contributed by atoms with van der Waals surface area (Å²) in [6.07, 6.45) is 1.45. The molecule has 4 nitrogen and oxygen atoms in total. The van der Waals surface area contributed by atoms with E-state index >= 15 is 0 Å². The molecule has 1 atom stereocenters. The smallest absolute Gasteiger partial charge is 0.326 e. The van der Waals surface area contributed by atoms with Crippen LogP contribution in [0.15, 0.2) is 0 Å². The first kappa shape index (κ1) is 12.3. The first-order valence-electron chi connectivity index (χ1n) is 4.24. The van der Waals surface area contributed by atoms with Crippen molar-refractivity contribution in [3.05, 3.63) is 0 Å². The Hall–Kier alpha value is -0.710. The summed E-state index contributed by atoms with van der Waals surface area (Å²) >= 11 is 3.91. The van der Waals surface area contributed by atoms with Gasteiger partial charge in [-0.15, -0.1) is 0 Å². The second kappa shape index (κ2) is 6.77. The number of hydrogen-bond donors (Lipinski definition) is 3. The van der Waals surface area contributed by atoms with Crippen LogP contribution in [0.3, 0.4) is 0 Å². The topological polar surface area (TPSA) is 66.4 Å². The van der Waals surface area contributed by atoms with E-state index in [4.69, 9.17) is 5.11 Å². The van der Waals surface area contributed by atoms with Gasteiger partial charge in [0, 0.05) is 6.42 Å². The van der Waals surface area contributed by atoms with Crippen LogP contribution in [-0.4, -0.2) is 28.8 Å². The number of aliphatic carboxylic acids is 1. The van der Waals surface area contributed by atoms with E-state index in [9.17, 15) is 9.59 Å². The highest BCUT2D eigenvalue weighted by molar-refractivity contribution is 7.80. The standard InChI is InChI=1S/C8H15NO3S/c1-2-3-7(10)9-6(4-5-13)8(11)12/h6,13H,2-5H2,1H3,(H,9,10)(H,11,12). The van der Waals surface area contributed by atoms with Crippen LogP contribution in [0.4, 0.5) is 0 Å². The number of nitrogens with one attached hydrogen (secondary N) is 1. The van der Waals surface area contributed by atoms with Crippen molar-refractivity contribution in [3.8, 4) is 0 Å². The number of carboxylic acids is 1. The molecule has 13 heavy (non-hydrogen) atoms. The van der Waals surface area contributed by atoms with Crippen LogP contribution in [0, 0.1) is 0 Å². The summed E-state index contributed by atoms with van der Waals surface area (Å²) in [7, 11) is 0. The van der Waals surface area contributed by atoms with E-state index in [0.29, 0.717) is 18.6 Å². The number of carbonyl (C=O) groups excluding carboxylic acids is 1. The average Bonchev–Trinajstić information content (AvgIpc) is 2.04. The van der Waals surface area contributed by atoms with Crippen molar-refractivity contribution < 1.29 is 14.7 Å². The summed E-state index contributed by atoms with van der Waals surface area (Å²) in [5, 5.41) is 11.1. The van der Waals surface area contributed by atoms with Crippen LogP contribution >= 0.6 is 12.6 Å². The average molecular weight is 205 g/mol. The molecule has 0 aromatic rings. The number of amides is 1. The second-order valence-corrected chi connectivity index (χ2v) is 3.17. The maximum Gasteiger partial charge on any atom is 0.326 e. The van der Waals surface area contributed by atoms with Crippen molar-refractivity contribution in [2.24, 2.45) is 0 Å². The molecule has 0 saturated heterocycles. The van der Waals surface area contributed by atoms with Crippen LogP contribution in [0.2, 0.25) is 0 Å². The Morgan fingerprint density at radius 3 is 2.54 bits per heavy atom. The Balaban J connectivity index is 3.94. The molecule has 0 radical (unpaired) electrons. The van der Waals surface area contributed by atoms with Gasteiger partial charge >= 0.3 is 5.97 Å². The summed E-state index contributed by atoms with van der Waals surface area (Å²) < 4.78 is 0. The van der Waals surface area contributed by atoms with Crippen molar-refractivity contribution in [3.63, 3.8) is 0 Å².